The van der Waals surface area contributed by atoms with E-state index < -0.39 is 37.3 Å². The second-order valence-corrected chi connectivity index (χ2v) is 5.53. The summed E-state index contributed by atoms with van der Waals surface area (Å²) in [6.07, 6.45) is -5.03. The van der Waals surface area contributed by atoms with Crippen LogP contribution in [0.5, 0.6) is 0 Å². The number of imidazole rings is 1. The first-order chi connectivity index (χ1) is 10.4. The molecular formula is C11H12Cl2N4O5. The van der Waals surface area contributed by atoms with Crippen molar-refractivity contribution in [3.63, 3.8) is 0 Å². The van der Waals surface area contributed by atoms with Crippen LogP contribution in [-0.4, -0.2) is 71.0 Å². The number of hydrogen-bond donors (Lipinski definition) is 4. The standard InChI is InChI=1S/C11H12Cl2N4O5/c12-8-4-9(16-11(13)15-8)17(2-14-4)10-6(21)5(20)7(22-10)3(19)1-18/h2-3,5-7,10,18-21H,1H2/t3-,5+,6-,7-,10-/m1/s1. The Balaban J connectivity index is 2.01. The van der Waals surface area contributed by atoms with Gasteiger partial charge in [0.1, 0.15) is 29.9 Å². The Labute approximate surface area is 133 Å². The van der Waals surface area contributed by atoms with Crippen LogP contribution in [0.1, 0.15) is 6.23 Å². The van der Waals surface area contributed by atoms with Gasteiger partial charge in [0, 0.05) is 0 Å². The molecule has 0 spiro atoms. The van der Waals surface area contributed by atoms with E-state index in [-0.39, 0.29) is 21.6 Å². The van der Waals surface area contributed by atoms with Crippen molar-refractivity contribution in [3.8, 4) is 0 Å². The molecule has 0 radical (unpaired) electrons. The lowest BCUT2D eigenvalue weighted by Crippen LogP contribution is -2.40. The number of rotatable bonds is 3. The molecule has 9 nitrogen and oxygen atoms in total. The second-order valence-electron chi connectivity index (χ2n) is 4.83. The third kappa shape index (κ3) is 2.44. The summed E-state index contributed by atoms with van der Waals surface area (Å²) in [5.74, 6) is 0. The number of fused-ring (bicyclic) bond motifs is 1. The highest BCUT2D eigenvalue weighted by molar-refractivity contribution is 6.35. The Kier molecular flexibility index (Phi) is 4.21. The van der Waals surface area contributed by atoms with Crippen LogP contribution in [0, 0.1) is 0 Å². The van der Waals surface area contributed by atoms with E-state index in [4.69, 9.17) is 33.0 Å². The molecule has 1 aliphatic rings. The van der Waals surface area contributed by atoms with E-state index in [0.29, 0.717) is 0 Å². The van der Waals surface area contributed by atoms with Crippen molar-refractivity contribution in [2.45, 2.75) is 30.6 Å². The Bertz CT molecular complexity index is 698. The van der Waals surface area contributed by atoms with Crippen molar-refractivity contribution in [1.29, 1.82) is 0 Å². The largest absolute Gasteiger partial charge is 0.394 e. The van der Waals surface area contributed by atoms with Crippen molar-refractivity contribution in [2.24, 2.45) is 0 Å². The average molecular weight is 351 g/mol. The van der Waals surface area contributed by atoms with E-state index in [9.17, 15) is 15.3 Å². The van der Waals surface area contributed by atoms with E-state index in [0.717, 1.165) is 0 Å². The zero-order valence-electron chi connectivity index (χ0n) is 10.9. The first-order valence-electron chi connectivity index (χ1n) is 6.30. The maximum atomic E-state index is 10.1. The summed E-state index contributed by atoms with van der Waals surface area (Å²) in [5, 5.41) is 38.6. The molecule has 0 bridgehead atoms. The van der Waals surface area contributed by atoms with Crippen LogP contribution in [0.4, 0.5) is 0 Å². The average Bonchev–Trinajstić information content (AvgIpc) is 3.01. The first kappa shape index (κ1) is 15.8. The summed E-state index contributed by atoms with van der Waals surface area (Å²) in [6, 6.07) is 0. The van der Waals surface area contributed by atoms with E-state index in [1.54, 1.807) is 0 Å². The SMILES string of the molecule is OC[C@@H](O)[C@H]1O[C@@H](n2cnc3c(Cl)nc(Cl)nc32)[C@H](O)[C@@H]1O. The molecule has 22 heavy (non-hydrogen) atoms. The Morgan fingerprint density at radius 2 is 2.00 bits per heavy atom. The number of ether oxygens (including phenoxy) is 1. The lowest BCUT2D eigenvalue weighted by atomic mass is 10.1. The quantitative estimate of drug-likeness (QED) is 0.413. The molecule has 2 aromatic rings. The maximum Gasteiger partial charge on any atom is 0.225 e. The van der Waals surface area contributed by atoms with Crippen molar-refractivity contribution in [2.75, 3.05) is 6.61 Å². The monoisotopic (exact) mass is 350 g/mol. The van der Waals surface area contributed by atoms with E-state index >= 15 is 0 Å². The Morgan fingerprint density at radius 3 is 2.68 bits per heavy atom. The molecule has 1 fully saturated rings. The molecule has 3 heterocycles. The van der Waals surface area contributed by atoms with E-state index in [2.05, 4.69) is 15.0 Å². The van der Waals surface area contributed by atoms with Crippen molar-refractivity contribution < 1.29 is 25.2 Å². The molecule has 1 aliphatic heterocycles. The van der Waals surface area contributed by atoms with Crippen molar-refractivity contribution >= 4 is 34.4 Å². The van der Waals surface area contributed by atoms with Gasteiger partial charge in [-0.15, -0.1) is 0 Å². The number of aliphatic hydroxyl groups excluding tert-OH is 4. The highest BCUT2D eigenvalue weighted by Crippen LogP contribution is 2.33. The van der Waals surface area contributed by atoms with Gasteiger partial charge in [-0.05, 0) is 11.6 Å². The fraction of sp³-hybridized carbons (Fsp3) is 0.545. The van der Waals surface area contributed by atoms with Gasteiger partial charge in [0.05, 0.1) is 12.9 Å². The lowest BCUT2D eigenvalue weighted by molar-refractivity contribution is -0.0962. The molecule has 11 heteroatoms. The summed E-state index contributed by atoms with van der Waals surface area (Å²) < 4.78 is 6.76. The van der Waals surface area contributed by atoms with Gasteiger partial charge in [-0.3, -0.25) is 4.57 Å². The molecule has 3 rings (SSSR count). The van der Waals surface area contributed by atoms with Gasteiger partial charge in [-0.25, -0.2) is 9.97 Å². The van der Waals surface area contributed by atoms with Crippen molar-refractivity contribution in [3.05, 3.63) is 16.8 Å². The highest BCUT2D eigenvalue weighted by atomic mass is 35.5. The van der Waals surface area contributed by atoms with Gasteiger partial charge >= 0.3 is 0 Å². The normalized spacial score (nSPS) is 30.1. The van der Waals surface area contributed by atoms with Crippen molar-refractivity contribution in [1.82, 2.24) is 19.5 Å². The zero-order valence-corrected chi connectivity index (χ0v) is 12.4. The van der Waals surface area contributed by atoms with Crippen LogP contribution in [0.3, 0.4) is 0 Å². The predicted molar refractivity (Wildman–Crippen MR) is 74.4 cm³/mol. The zero-order chi connectivity index (χ0) is 16.0. The minimum Gasteiger partial charge on any atom is -0.394 e. The van der Waals surface area contributed by atoms with Crippen LogP contribution in [0.25, 0.3) is 11.2 Å². The number of hydrogen-bond acceptors (Lipinski definition) is 8. The molecule has 0 aliphatic carbocycles. The fourth-order valence-corrected chi connectivity index (χ4v) is 2.80. The number of aromatic nitrogens is 4. The molecule has 120 valence electrons. The third-order valence-corrected chi connectivity index (χ3v) is 3.90. The Hall–Kier alpha value is -1.07. The number of nitrogens with zero attached hydrogens (tertiary/aromatic N) is 4. The van der Waals surface area contributed by atoms with Gasteiger partial charge in [0.15, 0.2) is 17.0 Å². The predicted octanol–water partition coefficient (Wildman–Crippen LogP) is -0.895. The molecular weight excluding hydrogens is 339 g/mol. The van der Waals surface area contributed by atoms with Crippen LogP contribution in [-0.2, 0) is 4.74 Å². The molecule has 2 aromatic heterocycles. The van der Waals surface area contributed by atoms with E-state index in [1.165, 1.54) is 10.9 Å². The van der Waals surface area contributed by atoms with Crippen LogP contribution in [0.15, 0.2) is 6.33 Å². The van der Waals surface area contributed by atoms with Gasteiger partial charge < -0.3 is 25.2 Å². The summed E-state index contributed by atoms with van der Waals surface area (Å²) >= 11 is 11.7. The van der Waals surface area contributed by atoms with Gasteiger partial charge in [0.25, 0.3) is 0 Å². The van der Waals surface area contributed by atoms with Crippen LogP contribution in [0.2, 0.25) is 10.4 Å². The highest BCUT2D eigenvalue weighted by Gasteiger charge is 2.47. The lowest BCUT2D eigenvalue weighted by Gasteiger charge is -2.18. The number of halogens is 2. The second kappa shape index (κ2) is 5.85. The third-order valence-electron chi connectivity index (χ3n) is 3.47. The van der Waals surface area contributed by atoms with Crippen LogP contribution >= 0.6 is 23.2 Å². The molecule has 0 unspecified atom stereocenters. The molecule has 0 saturated carbocycles. The van der Waals surface area contributed by atoms with Gasteiger partial charge in [-0.1, -0.05) is 11.6 Å². The minimum atomic E-state index is -1.39. The minimum absolute atomic E-state index is 0.0359. The molecule has 0 aromatic carbocycles. The summed E-state index contributed by atoms with van der Waals surface area (Å²) in [5.41, 5.74) is 0.461. The summed E-state index contributed by atoms with van der Waals surface area (Å²) in [4.78, 5) is 11.7. The Morgan fingerprint density at radius 1 is 1.27 bits per heavy atom. The summed E-state index contributed by atoms with van der Waals surface area (Å²) in [7, 11) is 0. The maximum absolute atomic E-state index is 10.1. The van der Waals surface area contributed by atoms with E-state index in [1.807, 2.05) is 0 Å². The first-order valence-corrected chi connectivity index (χ1v) is 7.05. The van der Waals surface area contributed by atoms with Gasteiger partial charge in [0.2, 0.25) is 5.28 Å². The summed E-state index contributed by atoms with van der Waals surface area (Å²) in [6.45, 7) is -0.619. The van der Waals surface area contributed by atoms with Crippen LogP contribution < -0.4 is 0 Å². The van der Waals surface area contributed by atoms with Gasteiger partial charge in [-0.2, -0.15) is 4.98 Å². The topological polar surface area (TPSA) is 134 Å². The molecule has 5 atom stereocenters. The molecule has 0 amide bonds. The fourth-order valence-electron chi connectivity index (χ4n) is 2.38. The number of aliphatic hydroxyl groups is 4. The smallest absolute Gasteiger partial charge is 0.225 e. The molecule has 1 saturated heterocycles. The molecule has 4 N–H and O–H groups in total.